The highest BCUT2D eigenvalue weighted by atomic mass is 16.3. The third-order valence-corrected chi connectivity index (χ3v) is 3.70. The van der Waals surface area contributed by atoms with Crippen LogP contribution in [0.3, 0.4) is 0 Å². The van der Waals surface area contributed by atoms with E-state index in [0.717, 1.165) is 24.3 Å². The molecular formula is C13H27NO. The van der Waals surface area contributed by atoms with Gasteiger partial charge in [0.1, 0.15) is 0 Å². The average molecular weight is 213 g/mol. The van der Waals surface area contributed by atoms with Gasteiger partial charge in [-0.15, -0.1) is 0 Å². The molecule has 2 heteroatoms. The summed E-state index contributed by atoms with van der Waals surface area (Å²) in [4.78, 5) is 0. The highest BCUT2D eigenvalue weighted by molar-refractivity contribution is 4.85. The van der Waals surface area contributed by atoms with Gasteiger partial charge < -0.3 is 10.4 Å². The summed E-state index contributed by atoms with van der Waals surface area (Å²) in [6.45, 7) is 9.56. The predicted octanol–water partition coefficient (Wildman–Crippen LogP) is 2.42. The Hall–Kier alpha value is -0.0800. The van der Waals surface area contributed by atoms with E-state index in [1.165, 1.54) is 19.3 Å². The number of hydrogen-bond acceptors (Lipinski definition) is 2. The molecular weight excluding hydrogens is 186 g/mol. The zero-order valence-electron chi connectivity index (χ0n) is 10.7. The zero-order chi connectivity index (χ0) is 11.4. The molecule has 90 valence electrons. The van der Waals surface area contributed by atoms with E-state index in [1.807, 2.05) is 6.92 Å². The SMILES string of the molecule is CC(C)[C@H]1CC[C@H](C)C[C@H]1NC[C@H](C)O. The molecule has 15 heavy (non-hydrogen) atoms. The van der Waals surface area contributed by atoms with Crippen LogP contribution in [0.25, 0.3) is 0 Å². The minimum atomic E-state index is -0.227. The molecule has 4 atom stereocenters. The van der Waals surface area contributed by atoms with Crippen molar-refractivity contribution in [1.29, 1.82) is 0 Å². The van der Waals surface area contributed by atoms with Crippen LogP contribution in [0, 0.1) is 17.8 Å². The monoisotopic (exact) mass is 213 g/mol. The Morgan fingerprint density at radius 2 is 1.93 bits per heavy atom. The third-order valence-electron chi connectivity index (χ3n) is 3.70. The van der Waals surface area contributed by atoms with Crippen molar-refractivity contribution in [2.75, 3.05) is 6.54 Å². The fraction of sp³-hybridized carbons (Fsp3) is 1.00. The van der Waals surface area contributed by atoms with E-state index in [-0.39, 0.29) is 6.10 Å². The molecule has 0 radical (unpaired) electrons. The van der Waals surface area contributed by atoms with Crippen molar-refractivity contribution in [2.24, 2.45) is 17.8 Å². The molecule has 0 aromatic heterocycles. The second-order valence-corrected chi connectivity index (χ2v) is 5.69. The maximum atomic E-state index is 9.31. The molecule has 1 aliphatic carbocycles. The van der Waals surface area contributed by atoms with Crippen LogP contribution in [-0.4, -0.2) is 23.8 Å². The Labute approximate surface area is 94.5 Å². The largest absolute Gasteiger partial charge is 0.392 e. The minimum absolute atomic E-state index is 0.227. The molecule has 0 unspecified atom stereocenters. The molecule has 2 N–H and O–H groups in total. The summed E-state index contributed by atoms with van der Waals surface area (Å²) in [7, 11) is 0. The zero-order valence-corrected chi connectivity index (χ0v) is 10.7. The van der Waals surface area contributed by atoms with E-state index >= 15 is 0 Å². The highest BCUT2D eigenvalue weighted by Crippen LogP contribution is 2.33. The van der Waals surface area contributed by atoms with Crippen molar-refractivity contribution in [1.82, 2.24) is 5.32 Å². The lowest BCUT2D eigenvalue weighted by atomic mass is 9.74. The quantitative estimate of drug-likeness (QED) is 0.751. The summed E-state index contributed by atoms with van der Waals surface area (Å²) < 4.78 is 0. The molecule has 0 aromatic carbocycles. The predicted molar refractivity (Wildman–Crippen MR) is 64.8 cm³/mol. The number of nitrogens with one attached hydrogen (secondary N) is 1. The summed E-state index contributed by atoms with van der Waals surface area (Å²) in [5, 5.41) is 12.8. The van der Waals surface area contributed by atoms with Crippen LogP contribution in [0.4, 0.5) is 0 Å². The van der Waals surface area contributed by atoms with E-state index in [1.54, 1.807) is 0 Å². The Bertz CT molecular complexity index is 179. The Balaban J connectivity index is 2.46. The van der Waals surface area contributed by atoms with Gasteiger partial charge in [-0.2, -0.15) is 0 Å². The standard InChI is InChI=1S/C13H27NO/c1-9(2)12-6-5-10(3)7-13(12)14-8-11(4)15/h9-15H,5-8H2,1-4H3/t10-,11-,12+,13+/m0/s1. The first-order valence-corrected chi connectivity index (χ1v) is 6.42. The van der Waals surface area contributed by atoms with E-state index in [0.29, 0.717) is 6.04 Å². The molecule has 0 aliphatic heterocycles. The summed E-state index contributed by atoms with van der Waals surface area (Å²) in [5.74, 6) is 2.38. The highest BCUT2D eigenvalue weighted by Gasteiger charge is 2.30. The molecule has 1 aliphatic rings. The fourth-order valence-corrected chi connectivity index (χ4v) is 2.76. The van der Waals surface area contributed by atoms with E-state index in [2.05, 4.69) is 26.1 Å². The second kappa shape index (κ2) is 5.86. The van der Waals surface area contributed by atoms with Gasteiger partial charge in [0.2, 0.25) is 0 Å². The number of aliphatic hydroxyl groups excluding tert-OH is 1. The lowest BCUT2D eigenvalue weighted by molar-refractivity contribution is 0.138. The first kappa shape index (κ1) is 13.0. The van der Waals surface area contributed by atoms with Gasteiger partial charge >= 0.3 is 0 Å². The Kier molecular flexibility index (Phi) is 5.07. The number of rotatable bonds is 4. The second-order valence-electron chi connectivity index (χ2n) is 5.69. The van der Waals surface area contributed by atoms with Crippen molar-refractivity contribution in [3.05, 3.63) is 0 Å². The van der Waals surface area contributed by atoms with Crippen LogP contribution in [0.1, 0.15) is 47.0 Å². The molecule has 1 fully saturated rings. The third kappa shape index (κ3) is 4.12. The molecule has 0 heterocycles. The topological polar surface area (TPSA) is 32.3 Å². The summed E-state index contributed by atoms with van der Waals surface area (Å²) in [5.41, 5.74) is 0. The van der Waals surface area contributed by atoms with Gasteiger partial charge in [0.25, 0.3) is 0 Å². The van der Waals surface area contributed by atoms with Gasteiger partial charge in [-0.05, 0) is 37.5 Å². The van der Waals surface area contributed by atoms with Crippen molar-refractivity contribution in [2.45, 2.75) is 59.1 Å². The van der Waals surface area contributed by atoms with Crippen LogP contribution in [-0.2, 0) is 0 Å². The lowest BCUT2D eigenvalue weighted by Crippen LogP contribution is -2.45. The van der Waals surface area contributed by atoms with Gasteiger partial charge in [-0.1, -0.05) is 27.2 Å². The maximum absolute atomic E-state index is 9.31. The normalized spacial score (nSPS) is 34.4. The van der Waals surface area contributed by atoms with Gasteiger partial charge in [0, 0.05) is 12.6 Å². The number of aliphatic hydroxyl groups is 1. The van der Waals surface area contributed by atoms with Gasteiger partial charge in [-0.25, -0.2) is 0 Å². The van der Waals surface area contributed by atoms with Crippen molar-refractivity contribution in [3.63, 3.8) is 0 Å². The molecule has 1 rings (SSSR count). The maximum Gasteiger partial charge on any atom is 0.0636 e. The molecule has 0 amide bonds. The Morgan fingerprint density at radius 3 is 2.47 bits per heavy atom. The molecule has 0 aromatic rings. The molecule has 1 saturated carbocycles. The van der Waals surface area contributed by atoms with E-state index in [4.69, 9.17) is 0 Å². The first-order valence-electron chi connectivity index (χ1n) is 6.42. The first-order chi connectivity index (χ1) is 7.00. The van der Waals surface area contributed by atoms with E-state index < -0.39 is 0 Å². The van der Waals surface area contributed by atoms with Crippen molar-refractivity contribution >= 4 is 0 Å². The van der Waals surface area contributed by atoms with Crippen LogP contribution in [0.2, 0.25) is 0 Å². The van der Waals surface area contributed by atoms with Crippen molar-refractivity contribution < 1.29 is 5.11 Å². The van der Waals surface area contributed by atoms with Crippen LogP contribution >= 0.6 is 0 Å². The average Bonchev–Trinajstić information content (AvgIpc) is 2.14. The van der Waals surface area contributed by atoms with Crippen LogP contribution in [0.15, 0.2) is 0 Å². The van der Waals surface area contributed by atoms with Gasteiger partial charge in [-0.3, -0.25) is 0 Å². The molecule has 0 spiro atoms. The molecule has 0 bridgehead atoms. The minimum Gasteiger partial charge on any atom is -0.392 e. The van der Waals surface area contributed by atoms with Crippen molar-refractivity contribution in [3.8, 4) is 0 Å². The Morgan fingerprint density at radius 1 is 1.27 bits per heavy atom. The van der Waals surface area contributed by atoms with E-state index in [9.17, 15) is 5.11 Å². The van der Waals surface area contributed by atoms with Crippen LogP contribution in [0.5, 0.6) is 0 Å². The van der Waals surface area contributed by atoms with Crippen LogP contribution < -0.4 is 5.32 Å². The summed E-state index contributed by atoms with van der Waals surface area (Å²) >= 11 is 0. The fourth-order valence-electron chi connectivity index (χ4n) is 2.76. The van der Waals surface area contributed by atoms with Gasteiger partial charge in [0.05, 0.1) is 6.10 Å². The molecule has 2 nitrogen and oxygen atoms in total. The summed E-state index contributed by atoms with van der Waals surface area (Å²) in [6, 6.07) is 0.614. The number of hydrogen-bond donors (Lipinski definition) is 2. The smallest absolute Gasteiger partial charge is 0.0636 e. The van der Waals surface area contributed by atoms with Gasteiger partial charge in [0.15, 0.2) is 0 Å². The lowest BCUT2D eigenvalue weighted by Gasteiger charge is -2.38. The summed E-state index contributed by atoms with van der Waals surface area (Å²) in [6.07, 6.45) is 3.76. The molecule has 0 saturated heterocycles.